The number of rotatable bonds is 7. The van der Waals surface area contributed by atoms with Crippen LogP contribution in [0, 0.1) is 0 Å². The molecule has 3 heterocycles. The third-order valence-electron chi connectivity index (χ3n) is 6.76. The molecule has 11 heteroatoms. The summed E-state index contributed by atoms with van der Waals surface area (Å²) in [6.45, 7) is 1.33. The molecule has 0 N–H and O–H groups in total. The van der Waals surface area contributed by atoms with E-state index < -0.39 is 18.6 Å². The molecule has 0 spiro atoms. The number of esters is 1. The molecule has 0 radical (unpaired) electrons. The summed E-state index contributed by atoms with van der Waals surface area (Å²) in [5.74, 6) is -1.64. The molecule has 1 unspecified atom stereocenters. The highest BCUT2D eigenvalue weighted by atomic mass is 79.9. The molecule has 5 rings (SSSR count). The molecule has 200 valence electrons. The van der Waals surface area contributed by atoms with Gasteiger partial charge in [0.25, 0.3) is 11.8 Å². The molecule has 2 aliphatic heterocycles. The van der Waals surface area contributed by atoms with Crippen LogP contribution in [0.5, 0.6) is 0 Å². The Bertz CT molecular complexity index is 1400. The maximum absolute atomic E-state index is 13.2. The molecule has 39 heavy (non-hydrogen) atoms. The lowest BCUT2D eigenvalue weighted by Gasteiger charge is -2.36. The molecule has 1 aromatic heterocycles. The quantitative estimate of drug-likeness (QED) is 0.233. The molecule has 2 aliphatic rings. The molecule has 2 fully saturated rings. The number of hydrogen-bond donors (Lipinski definition) is 0. The number of carbonyl (C=O) groups is 5. The molecule has 2 aromatic carbocycles. The molecule has 1 atom stereocenters. The number of ether oxygens (including phenoxy) is 1. The molecule has 3 aromatic rings. The molecule has 3 amide bonds. The molecule has 0 aliphatic carbocycles. The molecule has 0 bridgehead atoms. The first-order valence-corrected chi connectivity index (χ1v) is 13.1. The van der Waals surface area contributed by atoms with Gasteiger partial charge in [-0.15, -0.1) is 0 Å². The number of carbonyl (C=O) groups excluding carboxylic acids is 5. The van der Waals surface area contributed by atoms with E-state index in [0.717, 1.165) is 9.37 Å². The topological polar surface area (TPSA) is 117 Å². The highest BCUT2D eigenvalue weighted by Gasteiger charge is 2.43. The van der Waals surface area contributed by atoms with Crippen LogP contribution in [0.25, 0.3) is 0 Å². The first kappa shape index (κ1) is 26.5. The van der Waals surface area contributed by atoms with Crippen molar-refractivity contribution in [3.63, 3.8) is 0 Å². The minimum Gasteiger partial charge on any atom is -0.459 e. The Morgan fingerprint density at radius 2 is 1.56 bits per heavy atom. The van der Waals surface area contributed by atoms with E-state index in [0.29, 0.717) is 37.4 Å². The second kappa shape index (κ2) is 11.3. The number of Topliss-reactive ketones (excluding diaryl/α,β-unsaturated/α-hetero) is 1. The van der Waals surface area contributed by atoms with E-state index in [4.69, 9.17) is 9.15 Å². The fourth-order valence-corrected chi connectivity index (χ4v) is 4.91. The van der Waals surface area contributed by atoms with Crippen molar-refractivity contribution in [2.75, 3.05) is 37.7 Å². The minimum atomic E-state index is -0.689. The van der Waals surface area contributed by atoms with E-state index in [1.165, 1.54) is 30.5 Å². The zero-order valence-electron chi connectivity index (χ0n) is 20.7. The number of imide groups is 1. The second-order valence-electron chi connectivity index (χ2n) is 9.15. The number of furan rings is 1. The molecule has 0 saturated carbocycles. The van der Waals surface area contributed by atoms with Crippen molar-refractivity contribution in [3.05, 3.63) is 88.3 Å². The first-order valence-electron chi connectivity index (χ1n) is 12.3. The Morgan fingerprint density at radius 1 is 0.897 bits per heavy atom. The standard InChI is InChI=1S/C28H24BrN3O7/c29-20-7-3-18(4-8-20)23(33)17-39-28(37)19-5-9-21(10-6-19)32-25(34)16-22(26(32)35)30-11-13-31(14-12-30)27(36)24-2-1-15-38-24/h1-10,15,22H,11-14,16-17H2. The fraction of sp³-hybridized carbons (Fsp3) is 0.250. The number of anilines is 1. The number of ketones is 1. The molecular weight excluding hydrogens is 570 g/mol. The van der Waals surface area contributed by atoms with Crippen molar-refractivity contribution >= 4 is 51.1 Å². The van der Waals surface area contributed by atoms with Gasteiger partial charge >= 0.3 is 5.97 Å². The lowest BCUT2D eigenvalue weighted by molar-refractivity contribution is -0.123. The van der Waals surface area contributed by atoms with Gasteiger partial charge in [-0.1, -0.05) is 28.1 Å². The van der Waals surface area contributed by atoms with E-state index in [1.54, 1.807) is 41.3 Å². The summed E-state index contributed by atoms with van der Waals surface area (Å²) in [6.07, 6.45) is 1.48. The Morgan fingerprint density at radius 3 is 2.21 bits per heavy atom. The largest absolute Gasteiger partial charge is 0.459 e. The summed E-state index contributed by atoms with van der Waals surface area (Å²) in [5, 5.41) is 0. The summed E-state index contributed by atoms with van der Waals surface area (Å²) >= 11 is 3.30. The van der Waals surface area contributed by atoms with Gasteiger partial charge in [0.2, 0.25) is 5.91 Å². The Labute approximate surface area is 232 Å². The van der Waals surface area contributed by atoms with Crippen LogP contribution < -0.4 is 4.90 Å². The average Bonchev–Trinajstić information content (AvgIpc) is 3.60. The Balaban J connectivity index is 1.16. The Hall–Kier alpha value is -4.09. The van der Waals surface area contributed by atoms with Gasteiger partial charge in [-0.05, 0) is 48.5 Å². The van der Waals surface area contributed by atoms with Crippen molar-refractivity contribution in [1.82, 2.24) is 9.80 Å². The maximum Gasteiger partial charge on any atom is 0.338 e. The summed E-state index contributed by atoms with van der Waals surface area (Å²) in [7, 11) is 0. The van der Waals surface area contributed by atoms with Crippen molar-refractivity contribution < 1.29 is 33.1 Å². The fourth-order valence-electron chi connectivity index (χ4n) is 4.65. The monoisotopic (exact) mass is 593 g/mol. The van der Waals surface area contributed by atoms with Gasteiger partial charge in [-0.2, -0.15) is 0 Å². The first-order chi connectivity index (χ1) is 18.8. The van der Waals surface area contributed by atoms with Crippen LogP contribution in [0.2, 0.25) is 0 Å². The third kappa shape index (κ3) is 5.69. The second-order valence-corrected chi connectivity index (χ2v) is 10.1. The number of nitrogens with zero attached hydrogens (tertiary/aromatic N) is 3. The van der Waals surface area contributed by atoms with Crippen molar-refractivity contribution in [3.8, 4) is 0 Å². The average molecular weight is 594 g/mol. The van der Waals surface area contributed by atoms with Crippen molar-refractivity contribution in [1.29, 1.82) is 0 Å². The maximum atomic E-state index is 13.2. The summed E-state index contributed by atoms with van der Waals surface area (Å²) in [6, 6.07) is 15.3. The van der Waals surface area contributed by atoms with Gasteiger partial charge in [-0.3, -0.25) is 24.1 Å². The highest BCUT2D eigenvalue weighted by molar-refractivity contribution is 9.10. The molecular formula is C28H24BrN3O7. The van der Waals surface area contributed by atoms with Gasteiger partial charge in [0, 0.05) is 36.2 Å². The van der Waals surface area contributed by atoms with E-state index in [1.807, 2.05) is 4.90 Å². The van der Waals surface area contributed by atoms with Gasteiger partial charge in [0.1, 0.15) is 0 Å². The normalized spacial score (nSPS) is 17.9. The summed E-state index contributed by atoms with van der Waals surface area (Å²) in [5.41, 5.74) is 0.962. The van der Waals surface area contributed by atoms with Crippen molar-refractivity contribution in [2.24, 2.45) is 0 Å². The number of hydrogen-bond acceptors (Lipinski definition) is 8. The van der Waals surface area contributed by atoms with Crippen LogP contribution in [0.4, 0.5) is 5.69 Å². The van der Waals surface area contributed by atoms with E-state index in [2.05, 4.69) is 15.9 Å². The predicted molar refractivity (Wildman–Crippen MR) is 142 cm³/mol. The summed E-state index contributed by atoms with van der Waals surface area (Å²) < 4.78 is 11.2. The summed E-state index contributed by atoms with van der Waals surface area (Å²) in [4.78, 5) is 67.9. The van der Waals surface area contributed by atoms with E-state index in [9.17, 15) is 24.0 Å². The smallest absolute Gasteiger partial charge is 0.338 e. The third-order valence-corrected chi connectivity index (χ3v) is 7.29. The zero-order chi connectivity index (χ0) is 27.5. The van der Waals surface area contributed by atoms with Crippen LogP contribution in [0.15, 0.2) is 75.8 Å². The number of benzene rings is 2. The minimum absolute atomic E-state index is 0.0346. The predicted octanol–water partition coefficient (Wildman–Crippen LogP) is 3.17. The van der Waals surface area contributed by atoms with Crippen LogP contribution in [0.3, 0.4) is 0 Å². The number of amides is 3. The Kier molecular flexibility index (Phi) is 7.71. The van der Waals surface area contributed by atoms with E-state index in [-0.39, 0.29) is 41.2 Å². The lowest BCUT2D eigenvalue weighted by atomic mass is 10.1. The van der Waals surface area contributed by atoms with Gasteiger partial charge < -0.3 is 14.1 Å². The van der Waals surface area contributed by atoms with Crippen molar-refractivity contribution in [2.45, 2.75) is 12.5 Å². The molecule has 2 saturated heterocycles. The van der Waals surface area contributed by atoms with Crippen LogP contribution in [0.1, 0.15) is 37.7 Å². The van der Waals surface area contributed by atoms with Crippen LogP contribution in [-0.2, 0) is 14.3 Å². The highest BCUT2D eigenvalue weighted by Crippen LogP contribution is 2.27. The number of halogens is 1. The van der Waals surface area contributed by atoms with Gasteiger partial charge in [0.05, 0.1) is 30.0 Å². The van der Waals surface area contributed by atoms with Gasteiger partial charge in [0.15, 0.2) is 18.2 Å². The van der Waals surface area contributed by atoms with E-state index >= 15 is 0 Å². The lowest BCUT2D eigenvalue weighted by Crippen LogP contribution is -2.53. The van der Waals surface area contributed by atoms with Gasteiger partial charge in [-0.25, -0.2) is 9.69 Å². The van der Waals surface area contributed by atoms with Crippen LogP contribution in [-0.4, -0.2) is 78.1 Å². The zero-order valence-corrected chi connectivity index (χ0v) is 22.3. The SMILES string of the molecule is O=C(COC(=O)c1ccc(N2C(=O)CC(N3CCN(C(=O)c4ccco4)CC3)C2=O)cc1)c1ccc(Br)cc1. The van der Waals surface area contributed by atoms with Crippen LogP contribution >= 0.6 is 15.9 Å². The molecule has 10 nitrogen and oxygen atoms in total. The number of piperazine rings is 1.